The molecule has 16 heteroatoms. The van der Waals surface area contributed by atoms with Crippen LogP contribution in [0.5, 0.6) is 11.5 Å². The smallest absolute Gasteiger partial charge is 0.417 e. The number of hydrogen-bond acceptors (Lipinski definition) is 8. The Morgan fingerprint density at radius 2 is 1.61 bits per heavy atom. The number of alkyl halides is 3. The molecular weight excluding hydrogens is 868 g/mol. The van der Waals surface area contributed by atoms with Crippen molar-refractivity contribution in [2.24, 2.45) is 23.7 Å². The van der Waals surface area contributed by atoms with Gasteiger partial charge in [0.1, 0.15) is 18.1 Å². The van der Waals surface area contributed by atoms with E-state index in [-0.39, 0.29) is 30.8 Å². The summed E-state index contributed by atoms with van der Waals surface area (Å²) in [7, 11) is 0. The zero-order valence-corrected chi connectivity index (χ0v) is 34.8. The summed E-state index contributed by atoms with van der Waals surface area (Å²) in [6, 6.07) is 25.9. The first-order valence-corrected chi connectivity index (χ1v) is 20.7. The Morgan fingerprint density at radius 3 is 2.29 bits per heavy atom. The highest BCUT2D eigenvalue weighted by Crippen LogP contribution is 2.65. The minimum atomic E-state index is -4.78. The number of carbonyl (C=O) groups excluding carboxylic acids is 4. The third kappa shape index (κ3) is 6.68. The summed E-state index contributed by atoms with van der Waals surface area (Å²) in [4.78, 5) is 64.4. The fraction of sp³-hybridized carbons (Fsp3) is 0.239. The van der Waals surface area contributed by atoms with Crippen LogP contribution in [0.2, 0.25) is 15.1 Å². The normalized spacial score (nSPS) is 24.4. The Balaban J connectivity index is 1.20. The van der Waals surface area contributed by atoms with E-state index in [4.69, 9.17) is 39.5 Å². The lowest BCUT2D eigenvalue weighted by atomic mass is 9.49. The van der Waals surface area contributed by atoms with Crippen molar-refractivity contribution < 1.29 is 42.2 Å². The van der Waals surface area contributed by atoms with Crippen LogP contribution in [0.1, 0.15) is 46.6 Å². The number of carbonyl (C=O) groups is 4. The first kappa shape index (κ1) is 41.5. The van der Waals surface area contributed by atoms with Gasteiger partial charge in [-0.25, -0.2) is 9.88 Å². The van der Waals surface area contributed by atoms with Crippen LogP contribution in [0.15, 0.2) is 115 Å². The predicted molar refractivity (Wildman–Crippen MR) is 224 cm³/mol. The summed E-state index contributed by atoms with van der Waals surface area (Å²) >= 11 is 19.1. The summed E-state index contributed by atoms with van der Waals surface area (Å²) in [6.07, 6.45) is -2.43. The summed E-state index contributed by atoms with van der Waals surface area (Å²) in [5, 5.41) is 12.9. The highest BCUT2D eigenvalue weighted by atomic mass is 35.5. The topological polar surface area (TPSA) is 129 Å². The summed E-state index contributed by atoms with van der Waals surface area (Å²) < 4.78 is 46.8. The van der Waals surface area contributed by atoms with Gasteiger partial charge in [-0.05, 0) is 78.8 Å². The maximum Gasteiger partial charge on any atom is 0.417 e. The van der Waals surface area contributed by atoms with Crippen molar-refractivity contribution in [3.63, 3.8) is 0 Å². The largest absolute Gasteiger partial charge is 0.508 e. The highest BCUT2D eigenvalue weighted by Gasteiger charge is 2.70. The number of nitrogens with one attached hydrogen (secondary N) is 1. The minimum absolute atomic E-state index is 0.100. The molecule has 9 rings (SSSR count). The molecule has 62 heavy (non-hydrogen) atoms. The zero-order valence-electron chi connectivity index (χ0n) is 32.5. The molecule has 1 aromatic heterocycles. The van der Waals surface area contributed by atoms with Crippen molar-refractivity contribution in [2.75, 3.05) is 10.3 Å². The molecule has 316 valence electrons. The molecule has 6 atom stereocenters. The Kier molecular flexibility index (Phi) is 10.3. The molecule has 5 aromatic rings. The molecule has 2 saturated heterocycles. The number of hydrogen-bond donors (Lipinski definition) is 2. The number of fused-ring (bicyclic) bond motifs is 4. The quantitative estimate of drug-likeness (QED) is 0.116. The number of anilines is 2. The number of aromatic nitrogens is 1. The zero-order chi connectivity index (χ0) is 43.8. The third-order valence-electron chi connectivity index (χ3n) is 12.5. The van der Waals surface area contributed by atoms with Crippen LogP contribution >= 0.6 is 34.8 Å². The number of ether oxygens (including phenoxy) is 1. The van der Waals surface area contributed by atoms with Gasteiger partial charge in [-0.3, -0.25) is 24.6 Å². The second-order valence-corrected chi connectivity index (χ2v) is 17.1. The van der Waals surface area contributed by atoms with Gasteiger partial charge in [-0.1, -0.05) is 101 Å². The second-order valence-electron chi connectivity index (χ2n) is 15.9. The van der Waals surface area contributed by atoms with Crippen LogP contribution < -0.4 is 15.1 Å². The van der Waals surface area contributed by atoms with Crippen LogP contribution in [0.25, 0.3) is 0 Å². The molecule has 6 unspecified atom stereocenters. The number of allylic oxidation sites excluding steroid dienone is 2. The van der Waals surface area contributed by atoms with Gasteiger partial charge in [0.2, 0.25) is 11.8 Å². The van der Waals surface area contributed by atoms with Gasteiger partial charge < -0.3 is 9.84 Å². The molecule has 2 aliphatic heterocycles. The van der Waals surface area contributed by atoms with E-state index in [1.807, 2.05) is 36.4 Å². The van der Waals surface area contributed by atoms with Crippen molar-refractivity contribution in [3.05, 3.63) is 158 Å². The third-order valence-corrected chi connectivity index (χ3v) is 13.5. The van der Waals surface area contributed by atoms with Crippen molar-refractivity contribution in [1.29, 1.82) is 0 Å². The number of aromatic hydroxyl groups is 1. The van der Waals surface area contributed by atoms with Crippen LogP contribution in [-0.2, 0) is 37.4 Å². The van der Waals surface area contributed by atoms with Gasteiger partial charge in [0.05, 0.1) is 39.4 Å². The first-order chi connectivity index (χ1) is 29.6. The fourth-order valence-electron chi connectivity index (χ4n) is 9.70. The Bertz CT molecular complexity index is 2720. The van der Waals surface area contributed by atoms with Crippen LogP contribution in [0.4, 0.5) is 24.7 Å². The number of pyridine rings is 1. The minimum Gasteiger partial charge on any atom is -0.508 e. The van der Waals surface area contributed by atoms with Crippen LogP contribution in [0.3, 0.4) is 0 Å². The van der Waals surface area contributed by atoms with E-state index in [0.717, 1.165) is 16.0 Å². The number of hydrazine groups is 1. The highest BCUT2D eigenvalue weighted by molar-refractivity contribution is 6.33. The number of rotatable bonds is 8. The molecule has 4 amide bonds. The van der Waals surface area contributed by atoms with Gasteiger partial charge in [-0.15, -0.1) is 0 Å². The van der Waals surface area contributed by atoms with Crippen LogP contribution in [-0.4, -0.2) is 38.7 Å². The van der Waals surface area contributed by atoms with Gasteiger partial charge >= 0.3 is 6.18 Å². The molecule has 4 aliphatic rings. The molecule has 1 saturated carbocycles. The molecule has 2 N–H and O–H groups in total. The van der Waals surface area contributed by atoms with Crippen molar-refractivity contribution in [3.8, 4) is 11.5 Å². The number of nitrogens with zero attached hydrogens (tertiary/aromatic N) is 3. The van der Waals surface area contributed by atoms with Gasteiger partial charge in [0.25, 0.3) is 11.8 Å². The van der Waals surface area contributed by atoms with E-state index in [1.54, 1.807) is 61.5 Å². The number of halogens is 6. The number of amides is 4. The van der Waals surface area contributed by atoms with Gasteiger partial charge in [0.15, 0.2) is 5.82 Å². The van der Waals surface area contributed by atoms with E-state index in [2.05, 4.69) is 10.4 Å². The van der Waals surface area contributed by atoms with E-state index < -0.39 is 81.2 Å². The number of aryl methyl sites for hydroxylation is 1. The first-order valence-electron chi connectivity index (χ1n) is 19.6. The predicted octanol–water partition coefficient (Wildman–Crippen LogP) is 9.84. The maximum atomic E-state index is 15.5. The summed E-state index contributed by atoms with van der Waals surface area (Å²) in [6.45, 7) is 1.98. The summed E-state index contributed by atoms with van der Waals surface area (Å²) in [5.74, 6) is -7.96. The SMILES string of the molecule is Cc1ccc(N2C(=O)C3CC=C4C(CC5C(=O)N(Nc6ncc(C(F)(F)F)cc6Cl)C(=O)C5(c5ccc(Cl)cc5)C4c4ccc(OCc5ccccc5)cc4O)C3C2=O)cc1Cl. The average Bonchev–Trinajstić information content (AvgIpc) is 3.62. The molecule has 0 radical (unpaired) electrons. The molecule has 10 nitrogen and oxygen atoms in total. The molecular formula is C46H34Cl3F3N4O6. The van der Waals surface area contributed by atoms with E-state index >= 15 is 9.59 Å². The molecule has 0 bridgehead atoms. The molecule has 4 aromatic carbocycles. The average molecular weight is 902 g/mol. The van der Waals surface area contributed by atoms with Gasteiger partial charge in [0, 0.05) is 33.8 Å². The Labute approximate surface area is 367 Å². The van der Waals surface area contributed by atoms with E-state index in [0.29, 0.717) is 49.9 Å². The second kappa shape index (κ2) is 15.5. The van der Waals surface area contributed by atoms with Crippen molar-refractivity contribution >= 4 is 69.9 Å². The number of imide groups is 2. The lowest BCUT2D eigenvalue weighted by Gasteiger charge is -2.50. The van der Waals surface area contributed by atoms with Crippen molar-refractivity contribution in [2.45, 2.75) is 43.9 Å². The lowest BCUT2D eigenvalue weighted by Crippen LogP contribution is -2.53. The van der Waals surface area contributed by atoms with Crippen molar-refractivity contribution in [1.82, 2.24) is 9.99 Å². The molecule has 3 heterocycles. The van der Waals surface area contributed by atoms with E-state index in [9.17, 15) is 27.9 Å². The standard InChI is InChI=1S/C46H34Cl3F3N4O6/c1-23-7-12-28(18-35(23)48)55-41(58)32-16-15-30-33(38(32)43(55)60)20-34-42(59)56(54-40-36(49)17-26(21-53-40)46(50,51)52)44(61)45(34,25-8-10-27(47)11-9-25)39(30)31-14-13-29(19-37(31)57)62-22-24-5-3-2-4-6-24/h2-15,17-19,21,32-34,38-39,57H,16,20,22H2,1H3,(H,53,54). The summed E-state index contributed by atoms with van der Waals surface area (Å²) in [5.41, 5.74) is 2.63. The Hall–Kier alpha value is -5.89. The van der Waals surface area contributed by atoms with Crippen LogP contribution in [0, 0.1) is 30.6 Å². The Morgan fingerprint density at radius 1 is 0.871 bits per heavy atom. The van der Waals surface area contributed by atoms with E-state index in [1.165, 1.54) is 6.07 Å². The number of phenols is 1. The fourth-order valence-corrected chi connectivity index (χ4v) is 10.2. The monoisotopic (exact) mass is 900 g/mol. The number of benzene rings is 4. The lowest BCUT2D eigenvalue weighted by molar-refractivity contribution is -0.139. The number of phenolic OH excluding ortho intramolecular Hbond substituents is 1. The molecule has 3 fully saturated rings. The van der Waals surface area contributed by atoms with Gasteiger partial charge in [-0.2, -0.15) is 18.2 Å². The molecule has 0 spiro atoms. The molecule has 2 aliphatic carbocycles. The maximum absolute atomic E-state index is 15.5.